The Bertz CT molecular complexity index is 632. The fourth-order valence-electron chi connectivity index (χ4n) is 1.72. The summed E-state index contributed by atoms with van der Waals surface area (Å²) in [5.74, 6) is -1.51. The summed E-state index contributed by atoms with van der Waals surface area (Å²) >= 11 is 11.9. The first-order chi connectivity index (χ1) is 9.47. The maximum Gasteiger partial charge on any atom is 0.330 e. The van der Waals surface area contributed by atoms with E-state index in [-0.39, 0.29) is 5.02 Å². The van der Waals surface area contributed by atoms with Gasteiger partial charge in [0.1, 0.15) is 5.82 Å². The molecule has 1 unspecified atom stereocenters. The molecular weight excluding hydrogens is 304 g/mol. The summed E-state index contributed by atoms with van der Waals surface area (Å²) in [5.41, 5.74) is 0.811. The van der Waals surface area contributed by atoms with Crippen LogP contribution in [0.4, 0.5) is 10.1 Å². The summed E-state index contributed by atoms with van der Waals surface area (Å²) in [6, 6.07) is 8.88. The second-order valence-electron chi connectivity index (χ2n) is 4.09. The van der Waals surface area contributed by atoms with E-state index in [0.29, 0.717) is 16.3 Å². The molecule has 1 atom stereocenters. The first-order valence-electron chi connectivity index (χ1n) is 5.67. The van der Waals surface area contributed by atoms with E-state index in [1.54, 1.807) is 6.07 Å². The molecule has 0 spiro atoms. The number of aliphatic carboxylic acids is 1. The van der Waals surface area contributed by atoms with Crippen LogP contribution in [-0.2, 0) is 4.79 Å². The largest absolute Gasteiger partial charge is 0.479 e. The summed E-state index contributed by atoms with van der Waals surface area (Å²) in [4.78, 5) is 11.4. The van der Waals surface area contributed by atoms with Crippen LogP contribution in [0.25, 0.3) is 0 Å². The molecule has 0 bridgehead atoms. The number of hydrogen-bond acceptors (Lipinski definition) is 2. The van der Waals surface area contributed by atoms with Crippen LogP contribution in [0.5, 0.6) is 0 Å². The van der Waals surface area contributed by atoms with Gasteiger partial charge in [-0.2, -0.15) is 0 Å². The zero-order valence-corrected chi connectivity index (χ0v) is 11.6. The van der Waals surface area contributed by atoms with E-state index in [1.165, 1.54) is 36.4 Å². The lowest BCUT2D eigenvalue weighted by Gasteiger charge is -2.17. The Morgan fingerprint density at radius 2 is 1.80 bits per heavy atom. The molecule has 0 aromatic heterocycles. The molecule has 0 amide bonds. The molecule has 104 valence electrons. The Hall–Kier alpha value is -1.78. The van der Waals surface area contributed by atoms with Gasteiger partial charge >= 0.3 is 5.97 Å². The fraction of sp³-hybridized carbons (Fsp3) is 0.0714. The molecule has 2 aromatic carbocycles. The Kier molecular flexibility index (Phi) is 4.47. The Balaban J connectivity index is 2.34. The Morgan fingerprint density at radius 1 is 1.15 bits per heavy atom. The van der Waals surface area contributed by atoms with Gasteiger partial charge in [0.05, 0.1) is 0 Å². The summed E-state index contributed by atoms with van der Waals surface area (Å²) in [5, 5.41) is 12.8. The van der Waals surface area contributed by atoms with Crippen LogP contribution in [0.2, 0.25) is 10.0 Å². The highest BCUT2D eigenvalue weighted by molar-refractivity contribution is 6.33. The molecule has 6 heteroatoms. The van der Waals surface area contributed by atoms with Gasteiger partial charge in [0.15, 0.2) is 6.04 Å². The highest BCUT2D eigenvalue weighted by atomic mass is 35.5. The monoisotopic (exact) mass is 313 g/mol. The van der Waals surface area contributed by atoms with Gasteiger partial charge in [0.2, 0.25) is 0 Å². The van der Waals surface area contributed by atoms with Crippen molar-refractivity contribution < 1.29 is 14.3 Å². The average Bonchev–Trinajstić information content (AvgIpc) is 2.41. The number of carboxylic acids is 1. The number of anilines is 1. The summed E-state index contributed by atoms with van der Waals surface area (Å²) in [6.07, 6.45) is 0. The third-order valence-corrected chi connectivity index (χ3v) is 3.25. The van der Waals surface area contributed by atoms with Gasteiger partial charge < -0.3 is 10.4 Å². The van der Waals surface area contributed by atoms with E-state index in [2.05, 4.69) is 5.32 Å². The molecule has 0 aliphatic carbocycles. The van der Waals surface area contributed by atoms with Gasteiger partial charge in [-0.1, -0.05) is 23.2 Å². The van der Waals surface area contributed by atoms with Crippen LogP contribution in [0, 0.1) is 5.82 Å². The van der Waals surface area contributed by atoms with Crippen molar-refractivity contribution in [1.82, 2.24) is 0 Å². The Morgan fingerprint density at radius 3 is 2.40 bits per heavy atom. The Labute approximate surface area is 124 Å². The summed E-state index contributed by atoms with van der Waals surface area (Å²) in [7, 11) is 0. The standard InChI is InChI=1S/C14H10Cl2FNO2/c15-8-1-6-12(16)11(7-8)13(14(19)20)18-10-4-2-9(17)3-5-10/h1-7,13,18H,(H,19,20). The molecule has 2 rings (SSSR count). The molecule has 3 nitrogen and oxygen atoms in total. The second-order valence-corrected chi connectivity index (χ2v) is 4.93. The van der Waals surface area contributed by atoms with Crippen molar-refractivity contribution in [3.8, 4) is 0 Å². The molecule has 2 aromatic rings. The zero-order valence-electron chi connectivity index (χ0n) is 10.1. The molecule has 0 aliphatic heterocycles. The van der Waals surface area contributed by atoms with E-state index < -0.39 is 17.8 Å². The molecule has 0 fully saturated rings. The highest BCUT2D eigenvalue weighted by Crippen LogP contribution is 2.29. The molecule has 0 heterocycles. The molecule has 2 N–H and O–H groups in total. The van der Waals surface area contributed by atoms with Crippen molar-refractivity contribution in [1.29, 1.82) is 0 Å². The molecular formula is C14H10Cl2FNO2. The van der Waals surface area contributed by atoms with Gasteiger partial charge in [-0.25, -0.2) is 9.18 Å². The molecule has 0 saturated heterocycles. The van der Waals surface area contributed by atoms with E-state index >= 15 is 0 Å². The lowest BCUT2D eigenvalue weighted by Crippen LogP contribution is -2.20. The number of hydrogen-bond donors (Lipinski definition) is 2. The van der Waals surface area contributed by atoms with Crippen LogP contribution in [0.15, 0.2) is 42.5 Å². The normalized spacial score (nSPS) is 11.9. The van der Waals surface area contributed by atoms with Crippen molar-refractivity contribution in [2.45, 2.75) is 6.04 Å². The van der Waals surface area contributed by atoms with Crippen LogP contribution in [0.3, 0.4) is 0 Å². The highest BCUT2D eigenvalue weighted by Gasteiger charge is 2.22. The average molecular weight is 314 g/mol. The van der Waals surface area contributed by atoms with Crippen LogP contribution in [0.1, 0.15) is 11.6 Å². The number of benzene rings is 2. The van der Waals surface area contributed by atoms with Crippen LogP contribution >= 0.6 is 23.2 Å². The maximum atomic E-state index is 12.8. The number of rotatable bonds is 4. The van der Waals surface area contributed by atoms with Gasteiger partial charge in [-0.05, 0) is 42.5 Å². The predicted molar refractivity (Wildman–Crippen MR) is 76.9 cm³/mol. The van der Waals surface area contributed by atoms with E-state index in [0.717, 1.165) is 0 Å². The molecule has 0 saturated carbocycles. The van der Waals surface area contributed by atoms with Crippen molar-refractivity contribution in [2.24, 2.45) is 0 Å². The zero-order chi connectivity index (χ0) is 14.7. The minimum atomic E-state index is -1.11. The van der Waals surface area contributed by atoms with E-state index in [4.69, 9.17) is 23.2 Å². The van der Waals surface area contributed by atoms with Crippen molar-refractivity contribution >= 4 is 34.9 Å². The number of halogens is 3. The van der Waals surface area contributed by atoms with Gasteiger partial charge in [-0.15, -0.1) is 0 Å². The van der Waals surface area contributed by atoms with Gasteiger partial charge in [-0.3, -0.25) is 0 Å². The van der Waals surface area contributed by atoms with Crippen molar-refractivity contribution in [2.75, 3.05) is 5.32 Å². The molecule has 0 aliphatic rings. The quantitative estimate of drug-likeness (QED) is 0.881. The number of carboxylic acid groups (broad SMARTS) is 1. The summed E-state index contributed by atoms with van der Waals surface area (Å²) in [6.45, 7) is 0. The number of carbonyl (C=O) groups is 1. The first kappa shape index (κ1) is 14.6. The maximum absolute atomic E-state index is 12.8. The van der Waals surface area contributed by atoms with Crippen LogP contribution < -0.4 is 5.32 Å². The van der Waals surface area contributed by atoms with Crippen molar-refractivity contribution in [3.05, 3.63) is 63.9 Å². The predicted octanol–water partition coefficient (Wildman–Crippen LogP) is 4.37. The third kappa shape index (κ3) is 3.40. The second kappa shape index (κ2) is 6.11. The lowest BCUT2D eigenvalue weighted by molar-refractivity contribution is -0.138. The van der Waals surface area contributed by atoms with Gasteiger partial charge in [0, 0.05) is 21.3 Å². The minimum absolute atomic E-state index is 0.288. The van der Waals surface area contributed by atoms with E-state index in [1.807, 2.05) is 0 Å². The lowest BCUT2D eigenvalue weighted by atomic mass is 10.1. The number of nitrogens with one attached hydrogen (secondary N) is 1. The van der Waals surface area contributed by atoms with Gasteiger partial charge in [0.25, 0.3) is 0 Å². The van der Waals surface area contributed by atoms with Crippen molar-refractivity contribution in [3.63, 3.8) is 0 Å². The van der Waals surface area contributed by atoms with E-state index in [9.17, 15) is 14.3 Å². The third-order valence-electron chi connectivity index (χ3n) is 2.67. The molecule has 20 heavy (non-hydrogen) atoms. The fourth-order valence-corrected chi connectivity index (χ4v) is 2.13. The molecule has 0 radical (unpaired) electrons. The SMILES string of the molecule is O=C(O)C(Nc1ccc(F)cc1)c1cc(Cl)ccc1Cl. The minimum Gasteiger partial charge on any atom is -0.479 e. The van der Waals surface area contributed by atoms with Crippen LogP contribution in [-0.4, -0.2) is 11.1 Å². The topological polar surface area (TPSA) is 49.3 Å². The smallest absolute Gasteiger partial charge is 0.330 e. The first-order valence-corrected chi connectivity index (χ1v) is 6.43. The summed E-state index contributed by atoms with van der Waals surface area (Å²) < 4.78 is 12.8.